The van der Waals surface area contributed by atoms with Crippen LogP contribution in [0.2, 0.25) is 0 Å². The van der Waals surface area contributed by atoms with Gasteiger partial charge in [0, 0.05) is 33.4 Å². The molecule has 6 heteroatoms. The van der Waals surface area contributed by atoms with E-state index < -0.39 is 0 Å². The molecule has 6 nitrogen and oxygen atoms in total. The Labute approximate surface area is 353 Å². The van der Waals surface area contributed by atoms with Gasteiger partial charge in [0.25, 0.3) is 0 Å². The van der Waals surface area contributed by atoms with Gasteiger partial charge >= 0.3 is 0 Å². The fourth-order valence-corrected chi connectivity index (χ4v) is 9.44. The van der Waals surface area contributed by atoms with Crippen molar-refractivity contribution < 1.29 is 0 Å². The predicted molar refractivity (Wildman–Crippen MR) is 243 cm³/mol. The Kier molecular flexibility index (Phi) is 10.8. The van der Waals surface area contributed by atoms with Gasteiger partial charge in [0.1, 0.15) is 0 Å². The Morgan fingerprint density at radius 1 is 0.267 bits per heavy atom. The van der Waals surface area contributed by atoms with Crippen LogP contribution in [0.25, 0.3) is 79.5 Å². The van der Waals surface area contributed by atoms with Crippen LogP contribution in [0, 0.1) is 0 Å². The van der Waals surface area contributed by atoms with Crippen LogP contribution in [0.1, 0.15) is 87.2 Å². The molecular weight excluding hydrogens is 733 g/mol. The average Bonchev–Trinajstić information content (AvgIpc) is 3.35. The number of hydrogen-bond acceptors (Lipinski definition) is 6. The van der Waals surface area contributed by atoms with Crippen LogP contribution in [0.3, 0.4) is 0 Å². The van der Waals surface area contributed by atoms with Crippen LogP contribution in [-0.2, 0) is 0 Å². The van der Waals surface area contributed by atoms with E-state index in [2.05, 4.69) is 84.9 Å². The molecule has 2 aliphatic rings. The Bertz CT molecular complexity index is 2400. The first-order valence-electron chi connectivity index (χ1n) is 21.8. The van der Waals surface area contributed by atoms with Crippen molar-refractivity contribution in [3.05, 3.63) is 169 Å². The molecule has 294 valence electrons. The third kappa shape index (κ3) is 7.78. The first-order valence-corrected chi connectivity index (χ1v) is 21.8. The highest BCUT2D eigenvalue weighted by Crippen LogP contribution is 2.47. The summed E-state index contributed by atoms with van der Waals surface area (Å²) in [6.07, 6.45) is 12.0. The van der Waals surface area contributed by atoms with Gasteiger partial charge in [-0.05, 0) is 59.8 Å². The molecule has 0 amide bonds. The maximum Gasteiger partial charge on any atom is 0.165 e. The third-order valence-corrected chi connectivity index (χ3v) is 12.4. The molecule has 2 heterocycles. The smallest absolute Gasteiger partial charge is 0.165 e. The van der Waals surface area contributed by atoms with Gasteiger partial charge in [-0.3, -0.25) is 0 Å². The van der Waals surface area contributed by atoms with Crippen molar-refractivity contribution in [1.29, 1.82) is 0 Å². The zero-order chi connectivity index (χ0) is 40.1. The van der Waals surface area contributed by atoms with Gasteiger partial charge < -0.3 is 0 Å². The minimum absolute atomic E-state index is 0.391. The molecule has 0 unspecified atom stereocenters. The minimum Gasteiger partial charge on any atom is -0.208 e. The van der Waals surface area contributed by atoms with Crippen molar-refractivity contribution in [1.82, 2.24) is 29.9 Å². The van der Waals surface area contributed by atoms with Gasteiger partial charge in [0.05, 0.1) is 0 Å². The molecule has 2 fully saturated rings. The summed E-state index contributed by atoms with van der Waals surface area (Å²) in [6, 6.07) is 54.9. The highest BCUT2D eigenvalue weighted by Gasteiger charge is 2.29. The summed E-state index contributed by atoms with van der Waals surface area (Å²) in [6.45, 7) is 0. The minimum atomic E-state index is 0.391. The zero-order valence-corrected chi connectivity index (χ0v) is 33.9. The van der Waals surface area contributed by atoms with Gasteiger partial charge in [-0.25, -0.2) is 29.9 Å². The summed E-state index contributed by atoms with van der Waals surface area (Å²) in [4.78, 5) is 31.8. The van der Waals surface area contributed by atoms with Gasteiger partial charge in [-0.15, -0.1) is 0 Å². The standard InChI is InChI=1S/C54H48N6/c1-7-21-37(22-8-1)43-33-19-35-45(47(43)53-57-49(39-25-11-3-12-26-39)55-50(58-53)40-27-13-4-14-28-40)46-36-20-34-44(38-23-9-2-10-24-38)48(46)54-59-51(41-29-15-5-16-30-41)56-52(60-54)42-31-17-6-18-32-42/h3-6,11-20,25-38H,1-2,7-10,21-24H2. The van der Waals surface area contributed by atoms with Gasteiger partial charge in [-0.1, -0.05) is 196 Å². The van der Waals surface area contributed by atoms with Crippen molar-refractivity contribution in [2.24, 2.45) is 0 Å². The lowest BCUT2D eigenvalue weighted by Gasteiger charge is -2.28. The van der Waals surface area contributed by atoms with Gasteiger partial charge in [-0.2, -0.15) is 0 Å². The Morgan fingerprint density at radius 2 is 0.550 bits per heavy atom. The van der Waals surface area contributed by atoms with E-state index in [1.807, 2.05) is 72.8 Å². The van der Waals surface area contributed by atoms with E-state index in [0.717, 1.165) is 70.2 Å². The monoisotopic (exact) mass is 780 g/mol. The number of hydrogen-bond donors (Lipinski definition) is 0. The lowest BCUT2D eigenvalue weighted by molar-refractivity contribution is 0.444. The second-order valence-corrected chi connectivity index (χ2v) is 16.3. The summed E-state index contributed by atoms with van der Waals surface area (Å²) >= 11 is 0. The molecule has 0 bridgehead atoms. The van der Waals surface area contributed by atoms with Gasteiger partial charge in [0.2, 0.25) is 0 Å². The topological polar surface area (TPSA) is 77.3 Å². The van der Waals surface area contributed by atoms with Crippen molar-refractivity contribution in [3.8, 4) is 79.5 Å². The Balaban J connectivity index is 1.27. The highest BCUT2D eigenvalue weighted by atomic mass is 15.0. The molecule has 2 aliphatic carbocycles. The molecular formula is C54H48N6. The number of aromatic nitrogens is 6. The highest BCUT2D eigenvalue weighted by molar-refractivity contribution is 5.92. The molecule has 10 rings (SSSR count). The van der Waals surface area contributed by atoms with E-state index in [0.29, 0.717) is 46.8 Å². The summed E-state index contributed by atoms with van der Waals surface area (Å²) in [5.74, 6) is 4.83. The molecule has 8 aromatic rings. The van der Waals surface area contributed by atoms with Crippen LogP contribution < -0.4 is 0 Å². The molecule has 2 saturated carbocycles. The normalized spacial score (nSPS) is 14.9. The predicted octanol–water partition coefficient (Wildman–Crippen LogP) is 13.8. The molecule has 6 aromatic carbocycles. The fourth-order valence-electron chi connectivity index (χ4n) is 9.44. The second kappa shape index (κ2) is 17.3. The summed E-state index contributed by atoms with van der Waals surface area (Å²) in [5.41, 5.74) is 10.8. The van der Waals surface area contributed by atoms with Crippen LogP contribution in [0.4, 0.5) is 0 Å². The molecule has 60 heavy (non-hydrogen) atoms. The van der Waals surface area contributed by atoms with E-state index >= 15 is 0 Å². The van der Waals surface area contributed by atoms with Crippen molar-refractivity contribution in [2.75, 3.05) is 0 Å². The van der Waals surface area contributed by atoms with Crippen LogP contribution in [0.15, 0.2) is 158 Å². The molecule has 0 spiro atoms. The van der Waals surface area contributed by atoms with E-state index in [-0.39, 0.29) is 0 Å². The van der Waals surface area contributed by atoms with Crippen LogP contribution in [0.5, 0.6) is 0 Å². The van der Waals surface area contributed by atoms with Crippen LogP contribution in [-0.4, -0.2) is 29.9 Å². The lowest BCUT2D eigenvalue weighted by atomic mass is 9.77. The first-order chi connectivity index (χ1) is 29.8. The Morgan fingerprint density at radius 3 is 0.850 bits per heavy atom. The first kappa shape index (κ1) is 37.6. The van der Waals surface area contributed by atoms with E-state index in [9.17, 15) is 0 Å². The third-order valence-electron chi connectivity index (χ3n) is 12.4. The van der Waals surface area contributed by atoms with Crippen molar-refractivity contribution in [3.63, 3.8) is 0 Å². The SMILES string of the molecule is c1ccc(-c2nc(-c3ccccc3)nc(-c3c(-c4cccc(C5CCCCC5)c4-c4nc(-c5ccccc5)nc(-c5ccccc5)n4)cccc3C3CCCCC3)n2)cc1. The van der Waals surface area contributed by atoms with Crippen molar-refractivity contribution in [2.45, 2.75) is 76.0 Å². The molecule has 0 atom stereocenters. The average molecular weight is 781 g/mol. The van der Waals surface area contributed by atoms with E-state index in [1.54, 1.807) is 0 Å². The summed E-state index contributed by atoms with van der Waals surface area (Å²) < 4.78 is 0. The van der Waals surface area contributed by atoms with Gasteiger partial charge in [0.15, 0.2) is 34.9 Å². The maximum atomic E-state index is 5.40. The number of nitrogens with zero attached hydrogens (tertiary/aromatic N) is 6. The van der Waals surface area contributed by atoms with E-state index in [4.69, 9.17) is 29.9 Å². The molecule has 2 aromatic heterocycles. The molecule has 0 aliphatic heterocycles. The van der Waals surface area contributed by atoms with E-state index in [1.165, 1.54) is 49.7 Å². The maximum absolute atomic E-state index is 5.40. The zero-order valence-electron chi connectivity index (χ0n) is 33.9. The molecule has 0 saturated heterocycles. The number of benzene rings is 6. The largest absolute Gasteiger partial charge is 0.208 e. The molecule has 0 radical (unpaired) electrons. The van der Waals surface area contributed by atoms with Crippen LogP contribution >= 0.6 is 0 Å². The van der Waals surface area contributed by atoms with Crippen molar-refractivity contribution >= 4 is 0 Å². The fraction of sp³-hybridized carbons (Fsp3) is 0.222. The summed E-state index contributed by atoms with van der Waals surface area (Å²) in [7, 11) is 0. The lowest BCUT2D eigenvalue weighted by Crippen LogP contribution is -2.11. The quantitative estimate of drug-likeness (QED) is 0.145. The number of rotatable bonds is 9. The Hall–Kier alpha value is -6.66. The molecule has 0 N–H and O–H groups in total. The summed E-state index contributed by atoms with van der Waals surface area (Å²) in [5, 5.41) is 0. The second-order valence-electron chi connectivity index (χ2n) is 16.3.